The Hall–Kier alpha value is -1.79. The maximum absolute atomic E-state index is 12.8. The number of nitrogen functional groups attached to an aromatic ring is 1. The summed E-state index contributed by atoms with van der Waals surface area (Å²) in [7, 11) is 0. The zero-order valence-corrected chi connectivity index (χ0v) is 7.10. The van der Waals surface area contributed by atoms with Crippen molar-refractivity contribution >= 4 is 11.7 Å². The number of carboxylic acid groups (broad SMARTS) is 1. The second-order valence-corrected chi connectivity index (χ2v) is 2.69. The van der Waals surface area contributed by atoms with Gasteiger partial charge in [0.05, 0.1) is 5.56 Å². The molecule has 0 aliphatic rings. The van der Waals surface area contributed by atoms with E-state index < -0.39 is 34.8 Å². The first-order valence-corrected chi connectivity index (χ1v) is 3.63. The van der Waals surface area contributed by atoms with Gasteiger partial charge in [0.25, 0.3) is 0 Å². The number of halogens is 4. The van der Waals surface area contributed by atoms with Crippen LogP contribution in [0.15, 0.2) is 12.1 Å². The highest BCUT2D eigenvalue weighted by Gasteiger charge is 2.39. The van der Waals surface area contributed by atoms with E-state index in [1.807, 2.05) is 0 Å². The standard InChI is InChI=1S/C8H5F4NO2/c9-3-1-2-4(13)5(7(14)15)6(3)8(10,11)12/h1-2H,13H2,(H,14,15). The number of benzene rings is 1. The number of alkyl halides is 3. The van der Waals surface area contributed by atoms with E-state index in [0.717, 1.165) is 6.07 Å². The molecule has 1 aromatic rings. The largest absolute Gasteiger partial charge is 0.478 e. The summed E-state index contributed by atoms with van der Waals surface area (Å²) in [6.45, 7) is 0. The van der Waals surface area contributed by atoms with Crippen LogP contribution < -0.4 is 5.73 Å². The first-order chi connectivity index (χ1) is 6.75. The highest BCUT2D eigenvalue weighted by atomic mass is 19.4. The van der Waals surface area contributed by atoms with Crippen LogP contribution >= 0.6 is 0 Å². The van der Waals surface area contributed by atoms with E-state index in [0.29, 0.717) is 6.07 Å². The van der Waals surface area contributed by atoms with Gasteiger partial charge in [0.2, 0.25) is 0 Å². The van der Waals surface area contributed by atoms with E-state index in [9.17, 15) is 22.4 Å². The van der Waals surface area contributed by atoms with Gasteiger partial charge in [0.1, 0.15) is 11.4 Å². The first-order valence-electron chi connectivity index (χ1n) is 3.63. The van der Waals surface area contributed by atoms with E-state index in [1.54, 1.807) is 0 Å². The van der Waals surface area contributed by atoms with Gasteiger partial charge in [-0.25, -0.2) is 9.18 Å². The van der Waals surface area contributed by atoms with Crippen molar-refractivity contribution in [1.29, 1.82) is 0 Å². The summed E-state index contributed by atoms with van der Waals surface area (Å²) >= 11 is 0. The molecule has 1 rings (SSSR count). The molecule has 0 bridgehead atoms. The molecule has 0 amide bonds. The summed E-state index contributed by atoms with van der Waals surface area (Å²) in [5.41, 5.74) is 1.30. The van der Waals surface area contributed by atoms with E-state index in [4.69, 9.17) is 10.8 Å². The SMILES string of the molecule is Nc1ccc(F)c(C(F)(F)F)c1C(=O)O. The van der Waals surface area contributed by atoms with Crippen molar-refractivity contribution in [2.75, 3.05) is 5.73 Å². The fraction of sp³-hybridized carbons (Fsp3) is 0.125. The second-order valence-electron chi connectivity index (χ2n) is 2.69. The zero-order chi connectivity index (χ0) is 11.8. The van der Waals surface area contributed by atoms with Crippen LogP contribution in [0.25, 0.3) is 0 Å². The van der Waals surface area contributed by atoms with E-state index >= 15 is 0 Å². The van der Waals surface area contributed by atoms with Gasteiger partial charge in [-0.15, -0.1) is 0 Å². The molecule has 0 aliphatic heterocycles. The lowest BCUT2D eigenvalue weighted by molar-refractivity contribution is -0.140. The van der Waals surface area contributed by atoms with E-state index in [1.165, 1.54) is 0 Å². The molecule has 0 spiro atoms. The van der Waals surface area contributed by atoms with Gasteiger partial charge in [-0.05, 0) is 12.1 Å². The smallest absolute Gasteiger partial charge is 0.420 e. The average molecular weight is 223 g/mol. The summed E-state index contributed by atoms with van der Waals surface area (Å²) in [5, 5.41) is 8.49. The van der Waals surface area contributed by atoms with Crippen molar-refractivity contribution in [2.45, 2.75) is 6.18 Å². The van der Waals surface area contributed by atoms with Gasteiger partial charge in [0, 0.05) is 5.69 Å². The molecule has 0 fully saturated rings. The number of nitrogens with two attached hydrogens (primary N) is 1. The van der Waals surface area contributed by atoms with Crippen LogP contribution in [0.2, 0.25) is 0 Å². The van der Waals surface area contributed by atoms with Crippen LogP contribution in [0.3, 0.4) is 0 Å². The highest BCUT2D eigenvalue weighted by molar-refractivity contribution is 5.95. The van der Waals surface area contributed by atoms with Crippen molar-refractivity contribution in [1.82, 2.24) is 0 Å². The Labute approximate surface area is 81.1 Å². The fourth-order valence-corrected chi connectivity index (χ4v) is 1.10. The number of hydrogen-bond acceptors (Lipinski definition) is 2. The van der Waals surface area contributed by atoms with Crippen molar-refractivity contribution in [3.63, 3.8) is 0 Å². The van der Waals surface area contributed by atoms with Crippen LogP contribution in [0.5, 0.6) is 0 Å². The van der Waals surface area contributed by atoms with Crippen LogP contribution in [-0.4, -0.2) is 11.1 Å². The summed E-state index contributed by atoms with van der Waals surface area (Å²) in [4.78, 5) is 10.5. The quantitative estimate of drug-likeness (QED) is 0.566. The first kappa shape index (κ1) is 11.3. The lowest BCUT2D eigenvalue weighted by Gasteiger charge is -2.12. The molecule has 3 nitrogen and oxygen atoms in total. The van der Waals surface area contributed by atoms with Gasteiger partial charge in [-0.2, -0.15) is 13.2 Å². The van der Waals surface area contributed by atoms with Gasteiger partial charge >= 0.3 is 12.1 Å². The molecule has 0 saturated carbocycles. The molecule has 0 aromatic heterocycles. The second kappa shape index (κ2) is 3.41. The number of carboxylic acids is 1. The Morgan fingerprint density at radius 3 is 2.20 bits per heavy atom. The van der Waals surface area contributed by atoms with Gasteiger partial charge < -0.3 is 10.8 Å². The third-order valence-electron chi connectivity index (χ3n) is 1.68. The zero-order valence-electron chi connectivity index (χ0n) is 7.10. The molecule has 0 unspecified atom stereocenters. The Morgan fingerprint density at radius 1 is 1.33 bits per heavy atom. The average Bonchev–Trinajstić information content (AvgIpc) is 2.05. The van der Waals surface area contributed by atoms with Crippen molar-refractivity contribution in [3.05, 3.63) is 29.1 Å². The van der Waals surface area contributed by atoms with Crippen molar-refractivity contribution in [3.8, 4) is 0 Å². The predicted molar refractivity (Wildman–Crippen MR) is 42.8 cm³/mol. The molecule has 15 heavy (non-hydrogen) atoms. The Kier molecular flexibility index (Phi) is 2.57. The van der Waals surface area contributed by atoms with Crippen LogP contribution in [0.1, 0.15) is 15.9 Å². The van der Waals surface area contributed by atoms with E-state index in [-0.39, 0.29) is 0 Å². The molecular weight excluding hydrogens is 218 g/mol. The monoisotopic (exact) mass is 223 g/mol. The Morgan fingerprint density at radius 2 is 1.87 bits per heavy atom. The van der Waals surface area contributed by atoms with E-state index in [2.05, 4.69) is 0 Å². The minimum atomic E-state index is -5.09. The van der Waals surface area contributed by atoms with Crippen LogP contribution in [0.4, 0.5) is 23.2 Å². The van der Waals surface area contributed by atoms with Crippen LogP contribution in [-0.2, 0) is 6.18 Å². The topological polar surface area (TPSA) is 63.3 Å². The molecule has 0 heterocycles. The van der Waals surface area contributed by atoms with Crippen molar-refractivity contribution < 1.29 is 27.5 Å². The minimum Gasteiger partial charge on any atom is -0.478 e. The lowest BCUT2D eigenvalue weighted by Crippen LogP contribution is -2.17. The molecule has 3 N–H and O–H groups in total. The maximum Gasteiger partial charge on any atom is 0.420 e. The van der Waals surface area contributed by atoms with Gasteiger partial charge in [-0.3, -0.25) is 0 Å². The number of aromatic carboxylic acids is 1. The Balaban J connectivity index is 3.60. The van der Waals surface area contributed by atoms with Gasteiger partial charge in [-0.1, -0.05) is 0 Å². The number of hydrogen-bond donors (Lipinski definition) is 2. The van der Waals surface area contributed by atoms with Gasteiger partial charge in [0.15, 0.2) is 0 Å². The molecule has 0 atom stereocenters. The number of carbonyl (C=O) groups is 1. The third-order valence-corrected chi connectivity index (χ3v) is 1.68. The highest BCUT2D eigenvalue weighted by Crippen LogP contribution is 2.36. The lowest BCUT2D eigenvalue weighted by atomic mass is 10.0. The molecule has 82 valence electrons. The normalized spacial score (nSPS) is 11.5. The maximum atomic E-state index is 12.8. The summed E-state index contributed by atoms with van der Waals surface area (Å²) in [6.07, 6.45) is -5.09. The fourth-order valence-electron chi connectivity index (χ4n) is 1.10. The third kappa shape index (κ3) is 2.00. The summed E-state index contributed by atoms with van der Waals surface area (Å²) in [6, 6.07) is 1.25. The van der Waals surface area contributed by atoms with Crippen LogP contribution in [0, 0.1) is 5.82 Å². The summed E-state index contributed by atoms with van der Waals surface area (Å²) in [5.74, 6) is -3.58. The molecule has 0 aliphatic carbocycles. The Bertz CT molecular complexity index is 414. The number of anilines is 1. The molecule has 1 aromatic carbocycles. The molecule has 0 saturated heterocycles. The molecule has 7 heteroatoms. The number of rotatable bonds is 1. The predicted octanol–water partition coefficient (Wildman–Crippen LogP) is 2.12. The molecular formula is C8H5F4NO2. The van der Waals surface area contributed by atoms with Crippen molar-refractivity contribution in [2.24, 2.45) is 0 Å². The summed E-state index contributed by atoms with van der Waals surface area (Å²) < 4.78 is 49.7. The minimum absolute atomic E-state index is 0.477. The molecule has 0 radical (unpaired) electrons.